The van der Waals surface area contributed by atoms with Gasteiger partial charge in [-0.3, -0.25) is 14.4 Å². The Morgan fingerprint density at radius 2 is 0.547 bits per heavy atom. The van der Waals surface area contributed by atoms with Crippen LogP contribution in [0.5, 0.6) is 0 Å². The van der Waals surface area contributed by atoms with Crippen molar-refractivity contribution in [1.82, 2.24) is 0 Å². The van der Waals surface area contributed by atoms with Crippen molar-refractivity contribution in [2.75, 3.05) is 13.2 Å². The number of ether oxygens (including phenoxy) is 3. The summed E-state index contributed by atoms with van der Waals surface area (Å²) in [5.74, 6) is -0.979. The second-order valence-electron chi connectivity index (χ2n) is 21.6. The fraction of sp³-hybridized carbons (Fsp3) is 0.783. The highest BCUT2D eigenvalue weighted by molar-refractivity contribution is 5.71. The van der Waals surface area contributed by atoms with Gasteiger partial charge in [0.05, 0.1) is 0 Å². The molecule has 6 nitrogen and oxygen atoms in total. The first kappa shape index (κ1) is 71.8. The monoisotopic (exact) mass is 1050 g/mol. The van der Waals surface area contributed by atoms with Crippen LogP contribution in [-0.4, -0.2) is 37.2 Å². The van der Waals surface area contributed by atoms with Gasteiger partial charge < -0.3 is 14.2 Å². The van der Waals surface area contributed by atoms with E-state index in [1.54, 1.807) is 0 Å². The standard InChI is InChI=1S/C69H122O6/c1-4-7-10-13-16-19-22-25-27-28-29-30-31-32-33-34-35-36-37-38-39-40-42-44-47-50-53-56-59-62-68(71)74-65-66(64-73-67(70)61-58-55-52-49-46-43-24-21-18-15-12-9-6-3)75-69(72)63-60-57-54-51-48-45-41-26-23-20-17-14-11-8-5-2/h9,12,18,21,26,28-29,41,43,46,52,55,66H,4-8,10-11,13-17,19-20,22-25,27,30-40,42,44-45,47-51,53-54,56-65H2,1-3H3/b12-9-,21-18-,29-28-,41-26-,46-43-,55-52-. The lowest BCUT2D eigenvalue weighted by atomic mass is 10.0. The summed E-state index contributed by atoms with van der Waals surface area (Å²) in [6, 6.07) is 0. The number of carbonyl (C=O) groups is 3. The molecule has 0 fully saturated rings. The third kappa shape index (κ3) is 61.6. The van der Waals surface area contributed by atoms with Crippen molar-refractivity contribution in [3.8, 4) is 0 Å². The lowest BCUT2D eigenvalue weighted by Gasteiger charge is -2.18. The van der Waals surface area contributed by atoms with Gasteiger partial charge in [-0.05, 0) is 96.3 Å². The Bertz CT molecular complexity index is 1390. The zero-order valence-corrected chi connectivity index (χ0v) is 49.8. The van der Waals surface area contributed by atoms with E-state index in [9.17, 15) is 14.4 Å². The first-order valence-electron chi connectivity index (χ1n) is 32.4. The summed E-state index contributed by atoms with van der Waals surface area (Å²) in [4.78, 5) is 38.2. The van der Waals surface area contributed by atoms with Crippen molar-refractivity contribution in [1.29, 1.82) is 0 Å². The van der Waals surface area contributed by atoms with E-state index in [4.69, 9.17) is 14.2 Å². The van der Waals surface area contributed by atoms with Crippen LogP contribution in [-0.2, 0) is 28.6 Å². The number of hydrogen-bond donors (Lipinski definition) is 0. The molecule has 0 N–H and O–H groups in total. The van der Waals surface area contributed by atoms with Crippen LogP contribution in [0.3, 0.4) is 0 Å². The predicted molar refractivity (Wildman–Crippen MR) is 325 cm³/mol. The van der Waals surface area contributed by atoms with E-state index in [0.29, 0.717) is 19.3 Å². The minimum atomic E-state index is -0.808. The molecule has 6 heteroatoms. The van der Waals surface area contributed by atoms with Crippen LogP contribution < -0.4 is 0 Å². The molecule has 0 rings (SSSR count). The molecule has 0 heterocycles. The molecule has 0 aromatic rings. The molecule has 0 spiro atoms. The lowest BCUT2D eigenvalue weighted by molar-refractivity contribution is -0.166. The van der Waals surface area contributed by atoms with Crippen molar-refractivity contribution in [2.45, 2.75) is 335 Å². The van der Waals surface area contributed by atoms with Crippen LogP contribution in [0.25, 0.3) is 0 Å². The Kier molecular flexibility index (Phi) is 60.7. The summed E-state index contributed by atoms with van der Waals surface area (Å²) in [6.45, 7) is 6.48. The van der Waals surface area contributed by atoms with Crippen LogP contribution >= 0.6 is 0 Å². The SMILES string of the molecule is CC/C=C\C/C=C\C/C=C\C/C=C\CCC(=O)OCC(COC(=O)CCCCCCCCCCCCCCCCCCC/C=C\CCCCCCCCCC)OC(=O)CCCCCCC/C=C\CCCCCCCC. The summed E-state index contributed by atoms with van der Waals surface area (Å²) in [5, 5.41) is 0. The maximum absolute atomic E-state index is 12.9. The zero-order valence-electron chi connectivity index (χ0n) is 49.8. The minimum Gasteiger partial charge on any atom is -0.462 e. The highest BCUT2D eigenvalue weighted by atomic mass is 16.6. The fourth-order valence-electron chi connectivity index (χ4n) is 9.33. The highest BCUT2D eigenvalue weighted by Gasteiger charge is 2.19. The molecule has 0 amide bonds. The second-order valence-corrected chi connectivity index (χ2v) is 21.6. The van der Waals surface area contributed by atoms with Gasteiger partial charge in [-0.15, -0.1) is 0 Å². The Morgan fingerprint density at radius 1 is 0.280 bits per heavy atom. The van der Waals surface area contributed by atoms with Crippen LogP contribution in [0.1, 0.15) is 329 Å². The highest BCUT2D eigenvalue weighted by Crippen LogP contribution is 2.17. The second kappa shape index (κ2) is 63.4. The van der Waals surface area contributed by atoms with Gasteiger partial charge in [0.15, 0.2) is 6.10 Å². The van der Waals surface area contributed by atoms with Gasteiger partial charge in [0, 0.05) is 19.3 Å². The van der Waals surface area contributed by atoms with Gasteiger partial charge in [0.2, 0.25) is 0 Å². The van der Waals surface area contributed by atoms with Gasteiger partial charge in [-0.25, -0.2) is 0 Å². The number of hydrogen-bond acceptors (Lipinski definition) is 6. The van der Waals surface area contributed by atoms with E-state index < -0.39 is 6.10 Å². The third-order valence-corrected chi connectivity index (χ3v) is 14.2. The third-order valence-electron chi connectivity index (χ3n) is 14.2. The molecule has 0 aliphatic carbocycles. The van der Waals surface area contributed by atoms with Crippen LogP contribution in [0, 0.1) is 0 Å². The van der Waals surface area contributed by atoms with Crippen molar-refractivity contribution in [2.24, 2.45) is 0 Å². The van der Waals surface area contributed by atoms with E-state index >= 15 is 0 Å². The zero-order chi connectivity index (χ0) is 54.3. The smallest absolute Gasteiger partial charge is 0.306 e. The molecule has 0 aromatic heterocycles. The average molecular weight is 1050 g/mol. The summed E-state index contributed by atoms with van der Waals surface area (Å²) >= 11 is 0. The number of allylic oxidation sites excluding steroid dienone is 12. The fourth-order valence-corrected chi connectivity index (χ4v) is 9.33. The van der Waals surface area contributed by atoms with E-state index in [1.807, 2.05) is 6.08 Å². The Balaban J connectivity index is 4.22. The van der Waals surface area contributed by atoms with Gasteiger partial charge >= 0.3 is 17.9 Å². The molecule has 0 radical (unpaired) electrons. The van der Waals surface area contributed by atoms with E-state index in [2.05, 4.69) is 87.6 Å². The summed E-state index contributed by atoms with van der Waals surface area (Å²) in [6.07, 6.45) is 82.3. The van der Waals surface area contributed by atoms with E-state index in [1.165, 1.54) is 205 Å². The minimum absolute atomic E-state index is 0.0984. The molecule has 0 aromatic carbocycles. The molecule has 434 valence electrons. The first-order valence-corrected chi connectivity index (χ1v) is 32.4. The summed E-state index contributed by atoms with van der Waals surface area (Å²) < 4.78 is 16.8. The normalized spacial score (nSPS) is 12.5. The molecular weight excluding hydrogens is 925 g/mol. The molecule has 1 atom stereocenters. The largest absolute Gasteiger partial charge is 0.462 e. The van der Waals surface area contributed by atoms with Crippen molar-refractivity contribution >= 4 is 17.9 Å². The van der Waals surface area contributed by atoms with Crippen molar-refractivity contribution in [3.63, 3.8) is 0 Å². The molecule has 0 saturated heterocycles. The van der Waals surface area contributed by atoms with Gasteiger partial charge in [0.25, 0.3) is 0 Å². The molecular formula is C69H122O6. The molecule has 0 aliphatic rings. The lowest BCUT2D eigenvalue weighted by Crippen LogP contribution is -2.30. The van der Waals surface area contributed by atoms with Gasteiger partial charge in [-0.1, -0.05) is 286 Å². The summed E-state index contributed by atoms with van der Waals surface area (Å²) in [5.41, 5.74) is 0. The number of unbranched alkanes of at least 4 members (excludes halogenated alkanes) is 36. The maximum Gasteiger partial charge on any atom is 0.306 e. The predicted octanol–water partition coefficient (Wildman–Crippen LogP) is 22.1. The van der Waals surface area contributed by atoms with E-state index in [-0.39, 0.29) is 37.5 Å². The molecule has 0 saturated carbocycles. The number of esters is 3. The van der Waals surface area contributed by atoms with Gasteiger partial charge in [0.1, 0.15) is 13.2 Å². The van der Waals surface area contributed by atoms with E-state index in [0.717, 1.165) is 77.0 Å². The quantitative estimate of drug-likeness (QED) is 0.0261. The molecule has 75 heavy (non-hydrogen) atoms. The Morgan fingerprint density at radius 3 is 0.893 bits per heavy atom. The Labute approximate surface area is 465 Å². The molecule has 0 bridgehead atoms. The summed E-state index contributed by atoms with van der Waals surface area (Å²) in [7, 11) is 0. The van der Waals surface area contributed by atoms with Crippen molar-refractivity contribution < 1.29 is 28.6 Å². The molecule has 1 unspecified atom stereocenters. The van der Waals surface area contributed by atoms with Crippen LogP contribution in [0.2, 0.25) is 0 Å². The van der Waals surface area contributed by atoms with Crippen LogP contribution in [0.15, 0.2) is 72.9 Å². The average Bonchev–Trinajstić information content (AvgIpc) is 3.41. The maximum atomic E-state index is 12.9. The van der Waals surface area contributed by atoms with Gasteiger partial charge in [-0.2, -0.15) is 0 Å². The number of rotatable bonds is 59. The van der Waals surface area contributed by atoms with Crippen LogP contribution in [0.4, 0.5) is 0 Å². The first-order chi connectivity index (χ1) is 37.0. The number of carbonyl (C=O) groups excluding carboxylic acids is 3. The molecule has 0 aliphatic heterocycles. The topological polar surface area (TPSA) is 78.9 Å². The Hall–Kier alpha value is -3.15. The van der Waals surface area contributed by atoms with Crippen molar-refractivity contribution in [3.05, 3.63) is 72.9 Å².